The van der Waals surface area contributed by atoms with Crippen LogP contribution in [0, 0.1) is 0 Å². The molecule has 0 aromatic heterocycles. The first-order valence-corrected chi connectivity index (χ1v) is 7.57. The summed E-state index contributed by atoms with van der Waals surface area (Å²) >= 11 is 1.41. The summed E-state index contributed by atoms with van der Waals surface area (Å²) < 4.78 is 26.5. The Hall–Kier alpha value is -0.560. The molecule has 6 heteroatoms. The van der Waals surface area contributed by atoms with E-state index in [-0.39, 0.29) is 12.6 Å². The summed E-state index contributed by atoms with van der Waals surface area (Å²) in [5, 5.41) is 0. The van der Waals surface area contributed by atoms with Crippen LogP contribution < -0.4 is 10.5 Å². The zero-order chi connectivity index (χ0) is 12.2. The number of hydrogen-bond donors (Lipinski definition) is 2. The molecule has 0 aliphatic rings. The van der Waals surface area contributed by atoms with Crippen LogP contribution in [0.5, 0.6) is 0 Å². The standard InChI is InChI=1S/C10H16N2O2S2/c1-8(7-11)12-16(13,14)10-6-4-3-5-9(10)15-2/h3-6,8,12H,7,11H2,1-2H3/t8-/m0/s1. The first-order chi connectivity index (χ1) is 7.51. The van der Waals surface area contributed by atoms with E-state index in [9.17, 15) is 8.42 Å². The molecule has 0 fully saturated rings. The molecule has 0 aliphatic heterocycles. The highest BCUT2D eigenvalue weighted by molar-refractivity contribution is 7.99. The molecule has 0 heterocycles. The molecule has 0 aliphatic carbocycles. The summed E-state index contributed by atoms with van der Waals surface area (Å²) in [4.78, 5) is 1.04. The van der Waals surface area contributed by atoms with E-state index in [0.717, 1.165) is 4.90 Å². The van der Waals surface area contributed by atoms with Gasteiger partial charge in [0.25, 0.3) is 0 Å². The molecule has 4 nitrogen and oxygen atoms in total. The summed E-state index contributed by atoms with van der Waals surface area (Å²) in [6.07, 6.45) is 1.85. The predicted molar refractivity (Wildman–Crippen MR) is 67.1 cm³/mol. The maximum Gasteiger partial charge on any atom is 0.241 e. The van der Waals surface area contributed by atoms with Crippen LogP contribution in [0.25, 0.3) is 0 Å². The monoisotopic (exact) mass is 260 g/mol. The van der Waals surface area contributed by atoms with Gasteiger partial charge in [0, 0.05) is 17.5 Å². The summed E-state index contributed by atoms with van der Waals surface area (Å²) in [5.74, 6) is 0. The van der Waals surface area contributed by atoms with Crippen LogP contribution in [0.4, 0.5) is 0 Å². The molecule has 0 spiro atoms. The van der Waals surface area contributed by atoms with E-state index < -0.39 is 10.0 Å². The largest absolute Gasteiger partial charge is 0.329 e. The molecule has 0 amide bonds. The minimum Gasteiger partial charge on any atom is -0.329 e. The second-order valence-corrected chi connectivity index (χ2v) is 5.94. The lowest BCUT2D eigenvalue weighted by molar-refractivity contribution is 0.560. The van der Waals surface area contributed by atoms with Crippen LogP contribution in [0.1, 0.15) is 6.92 Å². The number of hydrogen-bond acceptors (Lipinski definition) is 4. The van der Waals surface area contributed by atoms with E-state index in [2.05, 4.69) is 4.72 Å². The molecular weight excluding hydrogens is 244 g/mol. The molecule has 16 heavy (non-hydrogen) atoms. The Bertz CT molecular complexity index is 446. The Balaban J connectivity index is 3.07. The number of nitrogens with one attached hydrogen (secondary N) is 1. The minimum atomic E-state index is -3.47. The maximum atomic E-state index is 12.0. The van der Waals surface area contributed by atoms with Crippen molar-refractivity contribution in [3.63, 3.8) is 0 Å². The molecule has 1 aromatic rings. The molecular formula is C10H16N2O2S2. The van der Waals surface area contributed by atoms with Crippen LogP contribution in [0.3, 0.4) is 0 Å². The molecule has 1 atom stereocenters. The lowest BCUT2D eigenvalue weighted by Crippen LogP contribution is -2.37. The Labute approximate surface area is 101 Å². The normalized spacial score (nSPS) is 13.7. The number of nitrogens with two attached hydrogens (primary N) is 1. The fourth-order valence-corrected chi connectivity index (χ4v) is 3.62. The van der Waals surface area contributed by atoms with Gasteiger partial charge in [-0.25, -0.2) is 13.1 Å². The van der Waals surface area contributed by atoms with Gasteiger partial charge in [0.15, 0.2) is 0 Å². The Morgan fingerprint density at radius 2 is 2.06 bits per heavy atom. The van der Waals surface area contributed by atoms with Crippen LogP contribution in [0.15, 0.2) is 34.1 Å². The topological polar surface area (TPSA) is 72.2 Å². The average Bonchev–Trinajstić information content (AvgIpc) is 2.28. The fraction of sp³-hybridized carbons (Fsp3) is 0.400. The smallest absolute Gasteiger partial charge is 0.241 e. The average molecular weight is 260 g/mol. The van der Waals surface area contributed by atoms with Gasteiger partial charge in [0.1, 0.15) is 0 Å². The number of rotatable bonds is 5. The van der Waals surface area contributed by atoms with Crippen molar-refractivity contribution in [1.82, 2.24) is 4.72 Å². The van der Waals surface area contributed by atoms with Crippen LogP contribution in [0.2, 0.25) is 0 Å². The van der Waals surface area contributed by atoms with Crippen molar-refractivity contribution in [3.05, 3.63) is 24.3 Å². The second-order valence-electron chi connectivity index (χ2n) is 3.41. The lowest BCUT2D eigenvalue weighted by atomic mass is 10.4. The van der Waals surface area contributed by atoms with Crippen molar-refractivity contribution in [2.75, 3.05) is 12.8 Å². The van der Waals surface area contributed by atoms with E-state index >= 15 is 0 Å². The molecule has 90 valence electrons. The van der Waals surface area contributed by atoms with E-state index in [0.29, 0.717) is 4.90 Å². The quantitative estimate of drug-likeness (QED) is 0.776. The van der Waals surface area contributed by atoms with Crippen molar-refractivity contribution in [1.29, 1.82) is 0 Å². The van der Waals surface area contributed by atoms with Gasteiger partial charge in [0.05, 0.1) is 4.90 Å². The number of benzene rings is 1. The van der Waals surface area contributed by atoms with Gasteiger partial charge in [-0.15, -0.1) is 11.8 Å². The van der Waals surface area contributed by atoms with E-state index in [1.807, 2.05) is 12.3 Å². The SMILES string of the molecule is CSc1ccccc1S(=O)(=O)N[C@@H](C)CN. The Kier molecular flexibility index (Phi) is 4.79. The minimum absolute atomic E-state index is 0.264. The summed E-state index contributed by atoms with van der Waals surface area (Å²) in [6, 6.07) is 6.64. The van der Waals surface area contributed by atoms with Gasteiger partial charge >= 0.3 is 0 Å². The van der Waals surface area contributed by atoms with Gasteiger partial charge in [-0.3, -0.25) is 0 Å². The molecule has 0 saturated heterocycles. The Morgan fingerprint density at radius 1 is 1.44 bits per heavy atom. The Morgan fingerprint density at radius 3 is 2.62 bits per heavy atom. The molecule has 0 unspecified atom stereocenters. The van der Waals surface area contributed by atoms with Crippen molar-refractivity contribution >= 4 is 21.8 Å². The molecule has 0 radical (unpaired) electrons. The number of sulfonamides is 1. The van der Waals surface area contributed by atoms with E-state index in [1.54, 1.807) is 25.1 Å². The number of thioether (sulfide) groups is 1. The molecule has 0 bridgehead atoms. The maximum absolute atomic E-state index is 12.0. The van der Waals surface area contributed by atoms with Crippen molar-refractivity contribution in [2.24, 2.45) is 5.73 Å². The van der Waals surface area contributed by atoms with Gasteiger partial charge < -0.3 is 5.73 Å². The van der Waals surface area contributed by atoms with E-state index in [4.69, 9.17) is 5.73 Å². The zero-order valence-electron chi connectivity index (χ0n) is 9.30. The second kappa shape index (κ2) is 5.67. The van der Waals surface area contributed by atoms with E-state index in [1.165, 1.54) is 11.8 Å². The lowest BCUT2D eigenvalue weighted by Gasteiger charge is -2.13. The third-order valence-corrected chi connectivity index (χ3v) is 4.64. The first-order valence-electron chi connectivity index (χ1n) is 4.86. The first kappa shape index (κ1) is 13.5. The molecule has 1 aromatic carbocycles. The summed E-state index contributed by atoms with van der Waals surface area (Å²) in [5.41, 5.74) is 5.40. The zero-order valence-corrected chi connectivity index (χ0v) is 10.9. The van der Waals surface area contributed by atoms with Crippen LogP contribution >= 0.6 is 11.8 Å². The third-order valence-electron chi connectivity index (χ3n) is 2.07. The van der Waals surface area contributed by atoms with Crippen LogP contribution in [-0.4, -0.2) is 27.3 Å². The predicted octanol–water partition coefficient (Wildman–Crippen LogP) is 1.03. The highest BCUT2D eigenvalue weighted by atomic mass is 32.2. The highest BCUT2D eigenvalue weighted by Gasteiger charge is 2.19. The highest BCUT2D eigenvalue weighted by Crippen LogP contribution is 2.24. The van der Waals surface area contributed by atoms with Crippen LogP contribution in [-0.2, 0) is 10.0 Å². The fourth-order valence-electron chi connectivity index (χ4n) is 1.22. The molecule has 1 rings (SSSR count). The third kappa shape index (κ3) is 3.21. The van der Waals surface area contributed by atoms with Crippen molar-refractivity contribution < 1.29 is 8.42 Å². The van der Waals surface area contributed by atoms with Gasteiger partial charge in [0.2, 0.25) is 10.0 Å². The van der Waals surface area contributed by atoms with Crippen molar-refractivity contribution in [3.8, 4) is 0 Å². The summed E-state index contributed by atoms with van der Waals surface area (Å²) in [7, 11) is -3.47. The van der Waals surface area contributed by atoms with Gasteiger partial charge in [-0.05, 0) is 25.3 Å². The van der Waals surface area contributed by atoms with Gasteiger partial charge in [-0.2, -0.15) is 0 Å². The summed E-state index contributed by atoms with van der Waals surface area (Å²) in [6.45, 7) is 2.01. The molecule has 0 saturated carbocycles. The molecule has 3 N–H and O–H groups in total. The van der Waals surface area contributed by atoms with Crippen molar-refractivity contribution in [2.45, 2.75) is 22.8 Å². The van der Waals surface area contributed by atoms with Gasteiger partial charge in [-0.1, -0.05) is 12.1 Å².